The van der Waals surface area contributed by atoms with Crippen molar-refractivity contribution in [3.05, 3.63) is 101 Å². The van der Waals surface area contributed by atoms with E-state index in [0.717, 1.165) is 15.6 Å². The Kier molecular flexibility index (Phi) is 5.36. The number of ether oxygens (including phenoxy) is 1. The molecule has 0 atom stereocenters. The molecule has 29 heavy (non-hydrogen) atoms. The fraction of sp³-hybridized carbons (Fsp3) is 0.130. The van der Waals surface area contributed by atoms with Gasteiger partial charge in [0.05, 0.1) is 6.54 Å². The van der Waals surface area contributed by atoms with Crippen LogP contribution in [0.2, 0.25) is 0 Å². The smallest absolute Gasteiger partial charge is 0.325 e. The third kappa shape index (κ3) is 3.63. The van der Waals surface area contributed by atoms with Gasteiger partial charge in [-0.05, 0) is 35.4 Å². The Balaban J connectivity index is 1.59. The van der Waals surface area contributed by atoms with E-state index in [1.165, 1.54) is 4.90 Å². The third-order valence-corrected chi connectivity index (χ3v) is 5.45. The van der Waals surface area contributed by atoms with Crippen molar-refractivity contribution in [2.75, 3.05) is 13.2 Å². The highest BCUT2D eigenvalue weighted by molar-refractivity contribution is 9.10. The molecule has 0 unspecified atom stereocenters. The van der Waals surface area contributed by atoms with Gasteiger partial charge in [-0.2, -0.15) is 0 Å². The van der Waals surface area contributed by atoms with Crippen molar-refractivity contribution in [2.45, 2.75) is 5.54 Å². The van der Waals surface area contributed by atoms with Crippen LogP contribution in [0.1, 0.15) is 11.1 Å². The quantitative estimate of drug-likeness (QED) is 0.568. The predicted molar refractivity (Wildman–Crippen MR) is 114 cm³/mol. The highest BCUT2D eigenvalue weighted by atomic mass is 79.9. The zero-order valence-electron chi connectivity index (χ0n) is 15.5. The van der Waals surface area contributed by atoms with Gasteiger partial charge in [0.25, 0.3) is 5.91 Å². The Morgan fingerprint density at radius 3 is 1.93 bits per heavy atom. The fourth-order valence-electron chi connectivity index (χ4n) is 3.50. The van der Waals surface area contributed by atoms with Gasteiger partial charge >= 0.3 is 6.03 Å². The predicted octanol–water partition coefficient (Wildman–Crippen LogP) is 4.32. The first-order chi connectivity index (χ1) is 14.1. The van der Waals surface area contributed by atoms with Gasteiger partial charge in [-0.15, -0.1) is 0 Å². The molecule has 4 rings (SSSR count). The zero-order chi connectivity index (χ0) is 20.3. The lowest BCUT2D eigenvalue weighted by molar-refractivity contribution is -0.130. The van der Waals surface area contributed by atoms with E-state index in [1.807, 2.05) is 84.9 Å². The minimum atomic E-state index is -1.24. The summed E-state index contributed by atoms with van der Waals surface area (Å²) in [6.45, 7) is 0.364. The van der Waals surface area contributed by atoms with Crippen LogP contribution < -0.4 is 10.1 Å². The summed E-state index contributed by atoms with van der Waals surface area (Å²) in [5.41, 5.74) is 0.207. The van der Waals surface area contributed by atoms with Gasteiger partial charge in [0.15, 0.2) is 5.54 Å². The van der Waals surface area contributed by atoms with Crippen molar-refractivity contribution in [2.24, 2.45) is 0 Å². The number of amides is 3. The first-order valence-corrected chi connectivity index (χ1v) is 10.0. The Labute approximate surface area is 177 Å². The van der Waals surface area contributed by atoms with E-state index in [-0.39, 0.29) is 19.1 Å². The molecular formula is C23H19BrN2O3. The molecule has 0 aromatic heterocycles. The van der Waals surface area contributed by atoms with Crippen molar-refractivity contribution in [3.8, 4) is 5.75 Å². The SMILES string of the molecule is O=C1NC(c2ccccc2)(c2ccccc2)C(=O)N1CCOc1ccc(Br)cc1. The molecular weight excluding hydrogens is 432 g/mol. The summed E-state index contributed by atoms with van der Waals surface area (Å²) in [7, 11) is 0. The molecule has 1 heterocycles. The molecule has 5 nitrogen and oxygen atoms in total. The number of hydrogen-bond acceptors (Lipinski definition) is 3. The number of carbonyl (C=O) groups is 2. The summed E-state index contributed by atoms with van der Waals surface area (Å²) in [4.78, 5) is 27.5. The maximum absolute atomic E-state index is 13.5. The van der Waals surface area contributed by atoms with Crippen molar-refractivity contribution >= 4 is 27.9 Å². The molecule has 1 aliphatic heterocycles. The molecule has 1 aliphatic rings. The lowest BCUT2D eigenvalue weighted by Gasteiger charge is -2.28. The van der Waals surface area contributed by atoms with Gasteiger partial charge in [-0.1, -0.05) is 76.6 Å². The monoisotopic (exact) mass is 450 g/mol. The number of imide groups is 1. The first-order valence-electron chi connectivity index (χ1n) is 9.25. The molecule has 0 bridgehead atoms. The van der Waals surface area contributed by atoms with Gasteiger partial charge in [0.2, 0.25) is 0 Å². The lowest BCUT2D eigenvalue weighted by Crippen LogP contribution is -2.45. The van der Waals surface area contributed by atoms with E-state index < -0.39 is 11.6 Å². The van der Waals surface area contributed by atoms with E-state index in [0.29, 0.717) is 5.75 Å². The lowest BCUT2D eigenvalue weighted by atomic mass is 9.82. The molecule has 1 fully saturated rings. The molecule has 1 N–H and O–H groups in total. The van der Waals surface area contributed by atoms with Crippen LogP contribution in [0.5, 0.6) is 5.75 Å². The van der Waals surface area contributed by atoms with Gasteiger partial charge in [0.1, 0.15) is 12.4 Å². The fourth-order valence-corrected chi connectivity index (χ4v) is 3.76. The van der Waals surface area contributed by atoms with Gasteiger partial charge in [-0.3, -0.25) is 9.69 Å². The number of carbonyl (C=O) groups excluding carboxylic acids is 2. The van der Waals surface area contributed by atoms with E-state index in [2.05, 4.69) is 21.2 Å². The number of hydrogen-bond donors (Lipinski definition) is 1. The van der Waals surface area contributed by atoms with Crippen molar-refractivity contribution < 1.29 is 14.3 Å². The molecule has 0 saturated carbocycles. The molecule has 3 amide bonds. The molecule has 3 aromatic carbocycles. The number of benzene rings is 3. The second-order valence-corrected chi connectivity index (χ2v) is 7.59. The molecule has 6 heteroatoms. The van der Waals surface area contributed by atoms with Gasteiger partial charge in [0, 0.05) is 4.47 Å². The van der Waals surface area contributed by atoms with Crippen LogP contribution in [0, 0.1) is 0 Å². The van der Waals surface area contributed by atoms with Crippen LogP contribution in [0.3, 0.4) is 0 Å². The second-order valence-electron chi connectivity index (χ2n) is 6.67. The summed E-state index contributed by atoms with van der Waals surface area (Å²) in [6.07, 6.45) is 0. The molecule has 0 aliphatic carbocycles. The van der Waals surface area contributed by atoms with E-state index in [9.17, 15) is 9.59 Å². The van der Waals surface area contributed by atoms with E-state index >= 15 is 0 Å². The second kappa shape index (κ2) is 8.09. The maximum Gasteiger partial charge on any atom is 0.325 e. The summed E-state index contributed by atoms with van der Waals surface area (Å²) >= 11 is 3.38. The molecule has 3 aromatic rings. The average molecular weight is 451 g/mol. The molecule has 0 radical (unpaired) electrons. The van der Waals surface area contributed by atoms with Gasteiger partial charge in [-0.25, -0.2) is 4.79 Å². The highest BCUT2D eigenvalue weighted by Gasteiger charge is 2.53. The van der Waals surface area contributed by atoms with Crippen LogP contribution in [-0.2, 0) is 10.3 Å². The van der Waals surface area contributed by atoms with Crippen LogP contribution in [-0.4, -0.2) is 30.0 Å². The maximum atomic E-state index is 13.5. The van der Waals surface area contributed by atoms with Crippen LogP contribution in [0.4, 0.5) is 4.79 Å². The topological polar surface area (TPSA) is 58.6 Å². The number of halogens is 1. The molecule has 1 saturated heterocycles. The zero-order valence-corrected chi connectivity index (χ0v) is 17.1. The van der Waals surface area contributed by atoms with Crippen molar-refractivity contribution in [3.63, 3.8) is 0 Å². The Hall–Kier alpha value is -3.12. The Morgan fingerprint density at radius 1 is 0.828 bits per heavy atom. The number of nitrogens with one attached hydrogen (secondary N) is 1. The average Bonchev–Trinajstić information content (AvgIpc) is 3.02. The summed E-state index contributed by atoms with van der Waals surface area (Å²) in [5, 5.41) is 2.93. The summed E-state index contributed by atoms with van der Waals surface area (Å²) in [6, 6.07) is 25.6. The molecule has 146 valence electrons. The number of urea groups is 1. The standard InChI is InChI=1S/C23H19BrN2O3/c24-19-11-13-20(14-12-19)29-16-15-26-21(27)23(25-22(26)28,17-7-3-1-4-8-17)18-9-5-2-6-10-18/h1-14H,15-16H2,(H,25,28). The van der Waals surface area contributed by atoms with E-state index in [4.69, 9.17) is 4.74 Å². The van der Waals surface area contributed by atoms with Crippen molar-refractivity contribution in [1.82, 2.24) is 10.2 Å². The minimum absolute atomic E-state index is 0.155. The van der Waals surface area contributed by atoms with Gasteiger partial charge < -0.3 is 10.1 Å². The highest BCUT2D eigenvalue weighted by Crippen LogP contribution is 2.35. The van der Waals surface area contributed by atoms with Crippen LogP contribution >= 0.6 is 15.9 Å². The third-order valence-electron chi connectivity index (χ3n) is 4.92. The van der Waals surface area contributed by atoms with Crippen molar-refractivity contribution in [1.29, 1.82) is 0 Å². The minimum Gasteiger partial charge on any atom is -0.492 e. The Bertz CT molecular complexity index is 968. The normalized spacial score (nSPS) is 15.3. The number of rotatable bonds is 6. The summed E-state index contributed by atoms with van der Waals surface area (Å²) in [5.74, 6) is 0.372. The number of nitrogens with zero attached hydrogens (tertiary/aromatic N) is 1. The van der Waals surface area contributed by atoms with Crippen LogP contribution in [0.15, 0.2) is 89.4 Å². The van der Waals surface area contributed by atoms with Crippen LogP contribution in [0.25, 0.3) is 0 Å². The Morgan fingerprint density at radius 2 is 1.38 bits per heavy atom. The largest absolute Gasteiger partial charge is 0.492 e. The summed E-state index contributed by atoms with van der Waals surface area (Å²) < 4.78 is 6.66. The first kappa shape index (κ1) is 19.2. The molecule has 0 spiro atoms. The van der Waals surface area contributed by atoms with E-state index in [1.54, 1.807) is 0 Å².